The van der Waals surface area contributed by atoms with Crippen molar-refractivity contribution >= 4 is 11.8 Å². The molecule has 0 aliphatic carbocycles. The van der Waals surface area contributed by atoms with Crippen LogP contribution >= 0.6 is 0 Å². The van der Waals surface area contributed by atoms with Gasteiger partial charge in [-0.3, -0.25) is 14.5 Å². The number of ether oxygens (including phenoxy) is 1. The molecule has 5 heteroatoms. The van der Waals surface area contributed by atoms with E-state index in [2.05, 4.69) is 12.2 Å². The maximum absolute atomic E-state index is 12.0. The van der Waals surface area contributed by atoms with Crippen LogP contribution in [0.4, 0.5) is 0 Å². The molecule has 18 heavy (non-hydrogen) atoms. The molecule has 2 atom stereocenters. The van der Waals surface area contributed by atoms with E-state index < -0.39 is 0 Å². The van der Waals surface area contributed by atoms with Crippen molar-refractivity contribution in [3.8, 4) is 0 Å². The molecular formula is C13H22N2O3. The molecule has 2 saturated heterocycles. The third-order valence-electron chi connectivity index (χ3n) is 3.71. The first-order valence-corrected chi connectivity index (χ1v) is 6.77. The number of nitrogens with one attached hydrogen (secondary N) is 1. The molecule has 2 fully saturated rings. The molecule has 0 bridgehead atoms. The smallest absolute Gasteiger partial charge is 0.246 e. The normalized spacial score (nSPS) is 32.6. The first-order valence-electron chi connectivity index (χ1n) is 6.77. The van der Waals surface area contributed by atoms with Crippen molar-refractivity contribution in [2.75, 3.05) is 19.7 Å². The highest BCUT2D eigenvalue weighted by Gasteiger charge is 2.39. The first-order chi connectivity index (χ1) is 8.56. The molecule has 102 valence electrons. The zero-order valence-electron chi connectivity index (χ0n) is 11.2. The Hall–Kier alpha value is -0.940. The number of likely N-dealkylation sites (tertiary alicyclic amines) is 1. The molecule has 2 aliphatic rings. The van der Waals surface area contributed by atoms with Gasteiger partial charge in [0, 0.05) is 19.7 Å². The fourth-order valence-corrected chi connectivity index (χ4v) is 2.62. The van der Waals surface area contributed by atoms with Gasteiger partial charge in [-0.05, 0) is 26.2 Å². The van der Waals surface area contributed by atoms with Crippen molar-refractivity contribution in [2.24, 2.45) is 0 Å². The molecule has 0 aromatic heterocycles. The Morgan fingerprint density at radius 1 is 1.50 bits per heavy atom. The minimum atomic E-state index is -0.356. The van der Waals surface area contributed by atoms with E-state index in [1.165, 1.54) is 4.90 Å². The molecule has 2 amide bonds. The van der Waals surface area contributed by atoms with Crippen molar-refractivity contribution in [1.29, 1.82) is 0 Å². The van der Waals surface area contributed by atoms with Crippen molar-refractivity contribution in [3.05, 3.63) is 0 Å². The van der Waals surface area contributed by atoms with E-state index in [0.717, 1.165) is 25.9 Å². The van der Waals surface area contributed by atoms with Gasteiger partial charge in [0.05, 0.1) is 18.1 Å². The summed E-state index contributed by atoms with van der Waals surface area (Å²) in [6, 6.07) is -0.356. The standard InChI is InChI=1S/C13H22N2O3/c1-3-6-15-11(16)8-10(12(15)17)14-9-13(2)5-4-7-18-13/h10,14H,3-9H2,1-2H3. The molecule has 2 rings (SSSR count). The Morgan fingerprint density at radius 2 is 2.28 bits per heavy atom. The van der Waals surface area contributed by atoms with Gasteiger partial charge in [0.2, 0.25) is 11.8 Å². The number of rotatable bonds is 5. The van der Waals surface area contributed by atoms with Crippen molar-refractivity contribution in [3.63, 3.8) is 0 Å². The van der Waals surface area contributed by atoms with E-state index in [4.69, 9.17) is 4.74 Å². The van der Waals surface area contributed by atoms with Gasteiger partial charge in [0.25, 0.3) is 0 Å². The van der Waals surface area contributed by atoms with Gasteiger partial charge < -0.3 is 10.1 Å². The van der Waals surface area contributed by atoms with Crippen LogP contribution in [-0.2, 0) is 14.3 Å². The topological polar surface area (TPSA) is 58.6 Å². The third-order valence-corrected chi connectivity index (χ3v) is 3.71. The quantitative estimate of drug-likeness (QED) is 0.733. The second-order valence-electron chi connectivity index (χ2n) is 5.42. The lowest BCUT2D eigenvalue weighted by molar-refractivity contribution is -0.138. The summed E-state index contributed by atoms with van der Waals surface area (Å²) in [6.45, 7) is 5.98. The van der Waals surface area contributed by atoms with Crippen LogP contribution < -0.4 is 5.32 Å². The number of carbonyl (C=O) groups excluding carboxylic acids is 2. The predicted molar refractivity (Wildman–Crippen MR) is 67.0 cm³/mol. The van der Waals surface area contributed by atoms with E-state index in [0.29, 0.717) is 13.1 Å². The van der Waals surface area contributed by atoms with Gasteiger partial charge in [-0.1, -0.05) is 6.92 Å². The molecule has 0 saturated carbocycles. The number of imide groups is 1. The number of carbonyl (C=O) groups is 2. The maximum Gasteiger partial charge on any atom is 0.246 e. The Labute approximate surface area is 108 Å². The molecule has 0 spiro atoms. The lowest BCUT2D eigenvalue weighted by atomic mass is 10.0. The van der Waals surface area contributed by atoms with Crippen molar-refractivity contribution in [2.45, 2.75) is 51.2 Å². The second kappa shape index (κ2) is 5.36. The lowest BCUT2D eigenvalue weighted by Gasteiger charge is -2.25. The number of hydrogen-bond acceptors (Lipinski definition) is 4. The number of nitrogens with zero attached hydrogens (tertiary/aromatic N) is 1. The summed E-state index contributed by atoms with van der Waals surface area (Å²) in [5, 5.41) is 3.20. The largest absolute Gasteiger partial charge is 0.374 e. The molecular weight excluding hydrogens is 232 g/mol. The fourth-order valence-electron chi connectivity index (χ4n) is 2.62. The van der Waals surface area contributed by atoms with Crippen LogP contribution in [0, 0.1) is 0 Å². The average Bonchev–Trinajstić information content (AvgIpc) is 2.87. The van der Waals surface area contributed by atoms with E-state index in [-0.39, 0.29) is 29.9 Å². The van der Waals surface area contributed by atoms with Gasteiger partial charge >= 0.3 is 0 Å². The fraction of sp³-hybridized carbons (Fsp3) is 0.846. The van der Waals surface area contributed by atoms with E-state index in [1.54, 1.807) is 0 Å². The van der Waals surface area contributed by atoms with Crippen molar-refractivity contribution in [1.82, 2.24) is 10.2 Å². The van der Waals surface area contributed by atoms with Gasteiger partial charge in [-0.25, -0.2) is 0 Å². The highest BCUT2D eigenvalue weighted by atomic mass is 16.5. The summed E-state index contributed by atoms with van der Waals surface area (Å²) in [4.78, 5) is 25.1. The zero-order chi connectivity index (χ0) is 13.2. The average molecular weight is 254 g/mol. The van der Waals surface area contributed by atoms with Crippen LogP contribution in [0.1, 0.15) is 39.5 Å². The summed E-state index contributed by atoms with van der Waals surface area (Å²) < 4.78 is 5.66. The van der Waals surface area contributed by atoms with Crippen LogP contribution in [0.3, 0.4) is 0 Å². The summed E-state index contributed by atoms with van der Waals surface area (Å²) in [5.41, 5.74) is -0.179. The maximum atomic E-state index is 12.0. The summed E-state index contributed by atoms with van der Waals surface area (Å²) >= 11 is 0. The molecule has 1 N–H and O–H groups in total. The molecule has 5 nitrogen and oxygen atoms in total. The Bertz CT molecular complexity index is 337. The van der Waals surface area contributed by atoms with Gasteiger partial charge in [0.1, 0.15) is 0 Å². The Balaban J connectivity index is 1.87. The van der Waals surface area contributed by atoms with Crippen LogP contribution in [0.5, 0.6) is 0 Å². The van der Waals surface area contributed by atoms with E-state index >= 15 is 0 Å². The number of hydrogen-bond donors (Lipinski definition) is 1. The van der Waals surface area contributed by atoms with Crippen LogP contribution in [0.15, 0.2) is 0 Å². The van der Waals surface area contributed by atoms with Crippen LogP contribution in [0.2, 0.25) is 0 Å². The molecule has 2 aliphatic heterocycles. The molecule has 2 unspecified atom stereocenters. The monoisotopic (exact) mass is 254 g/mol. The molecule has 2 heterocycles. The van der Waals surface area contributed by atoms with Gasteiger partial charge in [0.15, 0.2) is 0 Å². The summed E-state index contributed by atoms with van der Waals surface area (Å²) in [7, 11) is 0. The van der Waals surface area contributed by atoms with Crippen LogP contribution in [-0.4, -0.2) is 48.1 Å². The summed E-state index contributed by atoms with van der Waals surface area (Å²) in [6.07, 6.45) is 3.17. The lowest BCUT2D eigenvalue weighted by Crippen LogP contribution is -2.45. The summed E-state index contributed by atoms with van der Waals surface area (Å²) in [5.74, 6) is -0.139. The van der Waals surface area contributed by atoms with Crippen LogP contribution in [0.25, 0.3) is 0 Å². The minimum absolute atomic E-state index is 0.0585. The van der Waals surface area contributed by atoms with E-state index in [9.17, 15) is 9.59 Å². The molecule has 0 aromatic rings. The second-order valence-corrected chi connectivity index (χ2v) is 5.42. The highest BCUT2D eigenvalue weighted by molar-refractivity contribution is 6.05. The highest BCUT2D eigenvalue weighted by Crippen LogP contribution is 2.24. The SMILES string of the molecule is CCCN1C(=O)CC(NCC2(C)CCCO2)C1=O. The molecule has 0 radical (unpaired) electrons. The zero-order valence-corrected chi connectivity index (χ0v) is 11.2. The van der Waals surface area contributed by atoms with E-state index in [1.807, 2.05) is 6.92 Å². The third kappa shape index (κ3) is 2.72. The molecule has 0 aromatic carbocycles. The number of amides is 2. The Morgan fingerprint density at radius 3 is 2.89 bits per heavy atom. The van der Waals surface area contributed by atoms with Crippen molar-refractivity contribution < 1.29 is 14.3 Å². The van der Waals surface area contributed by atoms with Gasteiger partial charge in [-0.2, -0.15) is 0 Å². The predicted octanol–water partition coefficient (Wildman–Crippen LogP) is 0.683. The van der Waals surface area contributed by atoms with Gasteiger partial charge in [-0.15, -0.1) is 0 Å². The Kier molecular flexibility index (Phi) is 4.02. The minimum Gasteiger partial charge on any atom is -0.374 e. The first kappa shape index (κ1) is 13.5.